The molecule has 2 rings (SSSR count). The number of rotatable bonds is 4. The minimum Gasteiger partial charge on any atom is -0.461 e. The maximum Gasteiger partial charge on any atom is 0.338 e. The zero-order valence-electron chi connectivity index (χ0n) is 10.4. The fourth-order valence-electron chi connectivity index (χ4n) is 2.12. The second kappa shape index (κ2) is 6.50. The van der Waals surface area contributed by atoms with Crippen LogP contribution in [0.1, 0.15) is 29.6 Å². The van der Waals surface area contributed by atoms with Gasteiger partial charge >= 0.3 is 5.97 Å². The highest BCUT2D eigenvalue weighted by Gasteiger charge is 2.11. The van der Waals surface area contributed by atoms with Gasteiger partial charge in [0.05, 0.1) is 5.56 Å². The maximum atomic E-state index is 12.7. The Morgan fingerprint density at radius 1 is 1.17 bits per heavy atom. The molecule has 18 heavy (non-hydrogen) atoms. The van der Waals surface area contributed by atoms with Gasteiger partial charge in [-0.3, -0.25) is 4.90 Å². The molecule has 1 aliphatic rings. The zero-order valence-corrected chi connectivity index (χ0v) is 10.4. The summed E-state index contributed by atoms with van der Waals surface area (Å²) in [7, 11) is 0. The van der Waals surface area contributed by atoms with Crippen molar-refractivity contribution in [3.05, 3.63) is 35.6 Å². The van der Waals surface area contributed by atoms with E-state index in [1.165, 1.54) is 43.5 Å². The van der Waals surface area contributed by atoms with Crippen molar-refractivity contribution in [2.45, 2.75) is 19.3 Å². The van der Waals surface area contributed by atoms with Gasteiger partial charge < -0.3 is 4.74 Å². The number of hydrogen-bond acceptors (Lipinski definition) is 3. The molecule has 0 N–H and O–H groups in total. The number of carbonyl (C=O) groups excluding carboxylic acids is 1. The third-order valence-corrected chi connectivity index (χ3v) is 3.17. The van der Waals surface area contributed by atoms with Crippen LogP contribution >= 0.6 is 0 Å². The summed E-state index contributed by atoms with van der Waals surface area (Å²) >= 11 is 0. The lowest BCUT2D eigenvalue weighted by Crippen LogP contribution is -2.33. The van der Waals surface area contributed by atoms with E-state index in [1.54, 1.807) is 0 Å². The Bertz CT molecular complexity index is 385. The first-order valence-electron chi connectivity index (χ1n) is 6.41. The van der Waals surface area contributed by atoms with Crippen molar-refractivity contribution < 1.29 is 13.9 Å². The lowest BCUT2D eigenvalue weighted by molar-refractivity contribution is 0.0452. The Morgan fingerprint density at radius 3 is 2.50 bits per heavy atom. The van der Waals surface area contributed by atoms with E-state index in [4.69, 9.17) is 4.74 Å². The van der Waals surface area contributed by atoms with Crippen LogP contribution in [0.4, 0.5) is 4.39 Å². The molecule has 0 unspecified atom stereocenters. The number of piperidine rings is 1. The van der Waals surface area contributed by atoms with Crippen LogP contribution in [0.25, 0.3) is 0 Å². The van der Waals surface area contributed by atoms with E-state index >= 15 is 0 Å². The first-order chi connectivity index (χ1) is 8.75. The molecule has 98 valence electrons. The van der Waals surface area contributed by atoms with Gasteiger partial charge in [0.2, 0.25) is 0 Å². The minimum atomic E-state index is -0.382. The van der Waals surface area contributed by atoms with Crippen molar-refractivity contribution in [1.29, 1.82) is 0 Å². The third kappa shape index (κ3) is 3.81. The van der Waals surface area contributed by atoms with E-state index in [1.807, 2.05) is 0 Å². The average molecular weight is 251 g/mol. The number of benzene rings is 1. The second-order valence-corrected chi connectivity index (χ2v) is 4.55. The number of carbonyl (C=O) groups is 1. The topological polar surface area (TPSA) is 29.5 Å². The molecule has 0 aromatic heterocycles. The van der Waals surface area contributed by atoms with Crippen LogP contribution in [-0.4, -0.2) is 37.1 Å². The van der Waals surface area contributed by atoms with Crippen LogP contribution in [0.15, 0.2) is 24.3 Å². The number of esters is 1. The van der Waals surface area contributed by atoms with Gasteiger partial charge in [-0.05, 0) is 50.2 Å². The Balaban J connectivity index is 1.72. The van der Waals surface area contributed by atoms with Gasteiger partial charge in [-0.25, -0.2) is 9.18 Å². The largest absolute Gasteiger partial charge is 0.461 e. The smallest absolute Gasteiger partial charge is 0.338 e. The molecular weight excluding hydrogens is 233 g/mol. The number of halogens is 1. The van der Waals surface area contributed by atoms with Gasteiger partial charge in [-0.1, -0.05) is 6.42 Å². The summed E-state index contributed by atoms with van der Waals surface area (Å²) in [6.07, 6.45) is 3.75. The number of nitrogens with zero attached hydrogens (tertiary/aromatic N) is 1. The van der Waals surface area contributed by atoms with Gasteiger partial charge in [-0.2, -0.15) is 0 Å². The predicted molar refractivity (Wildman–Crippen MR) is 67.0 cm³/mol. The summed E-state index contributed by atoms with van der Waals surface area (Å²) in [5.41, 5.74) is 0.398. The van der Waals surface area contributed by atoms with Crippen LogP contribution in [0, 0.1) is 5.82 Å². The molecule has 0 spiro atoms. The van der Waals surface area contributed by atoms with E-state index in [9.17, 15) is 9.18 Å². The monoisotopic (exact) mass is 251 g/mol. The number of hydrogen-bond donors (Lipinski definition) is 0. The molecule has 1 aromatic carbocycles. The molecule has 1 aromatic rings. The molecule has 1 heterocycles. The van der Waals surface area contributed by atoms with E-state index in [-0.39, 0.29) is 11.8 Å². The Kier molecular flexibility index (Phi) is 4.70. The highest BCUT2D eigenvalue weighted by molar-refractivity contribution is 5.89. The summed E-state index contributed by atoms with van der Waals surface area (Å²) in [6, 6.07) is 5.42. The quantitative estimate of drug-likeness (QED) is 0.770. The normalized spacial score (nSPS) is 16.5. The van der Waals surface area contributed by atoms with Crippen molar-refractivity contribution in [3.8, 4) is 0 Å². The van der Waals surface area contributed by atoms with Crippen molar-refractivity contribution in [2.75, 3.05) is 26.2 Å². The fourth-order valence-corrected chi connectivity index (χ4v) is 2.12. The van der Waals surface area contributed by atoms with Crippen LogP contribution in [0.3, 0.4) is 0 Å². The minimum absolute atomic E-state index is 0.347. The molecule has 1 saturated heterocycles. The molecule has 0 amide bonds. The average Bonchev–Trinajstić information content (AvgIpc) is 2.40. The molecule has 0 bridgehead atoms. The first-order valence-corrected chi connectivity index (χ1v) is 6.41. The molecular formula is C14H18FNO2. The Labute approximate surface area is 107 Å². The molecule has 1 aliphatic heterocycles. The molecule has 0 saturated carbocycles. The fraction of sp³-hybridized carbons (Fsp3) is 0.500. The molecule has 1 fully saturated rings. The maximum absolute atomic E-state index is 12.7. The zero-order chi connectivity index (χ0) is 12.8. The summed E-state index contributed by atoms with van der Waals surface area (Å²) in [4.78, 5) is 13.9. The van der Waals surface area contributed by atoms with Gasteiger partial charge in [-0.15, -0.1) is 0 Å². The van der Waals surface area contributed by atoms with Crippen LogP contribution < -0.4 is 0 Å². The second-order valence-electron chi connectivity index (χ2n) is 4.55. The van der Waals surface area contributed by atoms with E-state index < -0.39 is 0 Å². The van der Waals surface area contributed by atoms with Crippen molar-refractivity contribution in [1.82, 2.24) is 4.90 Å². The molecule has 3 nitrogen and oxygen atoms in total. The molecule has 4 heteroatoms. The highest BCUT2D eigenvalue weighted by atomic mass is 19.1. The predicted octanol–water partition coefficient (Wildman–Crippen LogP) is 2.47. The lowest BCUT2D eigenvalue weighted by Gasteiger charge is -2.25. The molecule has 0 radical (unpaired) electrons. The van der Waals surface area contributed by atoms with Crippen LogP contribution in [0.5, 0.6) is 0 Å². The first kappa shape index (κ1) is 13.0. The third-order valence-electron chi connectivity index (χ3n) is 3.17. The number of ether oxygens (including phenoxy) is 1. The van der Waals surface area contributed by atoms with E-state index in [2.05, 4.69) is 4.90 Å². The van der Waals surface area contributed by atoms with Crippen molar-refractivity contribution >= 4 is 5.97 Å². The highest BCUT2D eigenvalue weighted by Crippen LogP contribution is 2.08. The summed E-state index contributed by atoms with van der Waals surface area (Å²) in [5.74, 6) is -0.730. The van der Waals surface area contributed by atoms with Crippen LogP contribution in [-0.2, 0) is 4.74 Å². The standard InChI is InChI=1S/C14H18FNO2/c15-13-6-4-12(5-7-13)14(17)18-11-10-16-8-2-1-3-9-16/h4-7H,1-3,8-11H2. The van der Waals surface area contributed by atoms with Crippen molar-refractivity contribution in [3.63, 3.8) is 0 Å². The van der Waals surface area contributed by atoms with Gasteiger partial charge in [0, 0.05) is 6.54 Å². The van der Waals surface area contributed by atoms with Gasteiger partial charge in [0.1, 0.15) is 12.4 Å². The molecule has 0 atom stereocenters. The van der Waals surface area contributed by atoms with E-state index in [0.717, 1.165) is 19.6 Å². The molecule has 0 aliphatic carbocycles. The Morgan fingerprint density at radius 2 is 1.83 bits per heavy atom. The summed E-state index contributed by atoms with van der Waals surface area (Å²) < 4.78 is 17.9. The van der Waals surface area contributed by atoms with Gasteiger partial charge in [0.25, 0.3) is 0 Å². The van der Waals surface area contributed by atoms with Gasteiger partial charge in [0.15, 0.2) is 0 Å². The number of likely N-dealkylation sites (tertiary alicyclic amines) is 1. The summed E-state index contributed by atoms with van der Waals surface area (Å²) in [5, 5.41) is 0. The van der Waals surface area contributed by atoms with Crippen molar-refractivity contribution in [2.24, 2.45) is 0 Å². The van der Waals surface area contributed by atoms with E-state index in [0.29, 0.717) is 12.2 Å². The Hall–Kier alpha value is -1.42. The lowest BCUT2D eigenvalue weighted by atomic mass is 10.1. The summed E-state index contributed by atoms with van der Waals surface area (Å²) in [6.45, 7) is 3.37. The van der Waals surface area contributed by atoms with Crippen LogP contribution in [0.2, 0.25) is 0 Å². The SMILES string of the molecule is O=C(OCCN1CCCCC1)c1ccc(F)cc1.